The van der Waals surface area contributed by atoms with E-state index >= 15 is 0 Å². The second kappa shape index (κ2) is 7.15. The lowest BCUT2D eigenvalue weighted by Gasteiger charge is -2.07. The molecular formula is C20H18O4. The van der Waals surface area contributed by atoms with Crippen LogP contribution in [0.4, 0.5) is 0 Å². The Labute approximate surface area is 139 Å². The number of phenolic OH excluding ortho intramolecular Hbond substituents is 1. The van der Waals surface area contributed by atoms with Gasteiger partial charge in [0.15, 0.2) is 0 Å². The highest BCUT2D eigenvalue weighted by Crippen LogP contribution is 2.21. The van der Waals surface area contributed by atoms with Crippen LogP contribution in [0.1, 0.15) is 21.5 Å². The van der Waals surface area contributed by atoms with E-state index in [0.717, 1.165) is 28.3 Å². The number of benzene rings is 3. The zero-order valence-corrected chi connectivity index (χ0v) is 13.1. The predicted octanol–water partition coefficient (Wildman–Crippen LogP) is 4.00. The molecule has 0 aliphatic rings. The summed E-state index contributed by atoms with van der Waals surface area (Å²) in [6.07, 6.45) is 0.730. The van der Waals surface area contributed by atoms with Crippen molar-refractivity contribution in [1.29, 1.82) is 0 Å². The van der Waals surface area contributed by atoms with Crippen LogP contribution in [0.5, 0.6) is 5.75 Å². The highest BCUT2D eigenvalue weighted by atomic mass is 16.5. The second-order valence-corrected chi connectivity index (χ2v) is 5.67. The third-order valence-corrected chi connectivity index (χ3v) is 3.89. The second-order valence-electron chi connectivity index (χ2n) is 5.67. The molecule has 122 valence electrons. The van der Waals surface area contributed by atoms with E-state index in [2.05, 4.69) is 0 Å². The average Bonchev–Trinajstić information content (AvgIpc) is 2.58. The lowest BCUT2D eigenvalue weighted by atomic mass is 10.1. The molecule has 0 bridgehead atoms. The number of aromatic hydroxyl groups is 1. The van der Waals surface area contributed by atoms with Crippen LogP contribution in [-0.2, 0) is 17.8 Å². The monoisotopic (exact) mass is 322 g/mol. The number of carbonyl (C=O) groups is 1. The van der Waals surface area contributed by atoms with Crippen molar-refractivity contribution in [3.8, 4) is 5.75 Å². The average molecular weight is 322 g/mol. The molecule has 0 saturated heterocycles. The van der Waals surface area contributed by atoms with Crippen molar-refractivity contribution < 1.29 is 19.7 Å². The van der Waals surface area contributed by atoms with Gasteiger partial charge in [0, 0.05) is 0 Å². The smallest absolute Gasteiger partial charge is 0.335 e. The van der Waals surface area contributed by atoms with Crippen LogP contribution in [0, 0.1) is 0 Å². The van der Waals surface area contributed by atoms with Gasteiger partial charge in [0.2, 0.25) is 0 Å². The summed E-state index contributed by atoms with van der Waals surface area (Å²) in [6, 6.07) is 18.2. The first kappa shape index (κ1) is 16.0. The highest BCUT2D eigenvalue weighted by Gasteiger charge is 2.02. The Kier molecular flexibility index (Phi) is 4.77. The first-order chi connectivity index (χ1) is 11.6. The maximum absolute atomic E-state index is 10.8. The van der Waals surface area contributed by atoms with E-state index in [1.165, 1.54) is 0 Å². The van der Waals surface area contributed by atoms with Crippen LogP contribution in [0.2, 0.25) is 0 Å². The molecule has 0 radical (unpaired) electrons. The number of phenols is 1. The Hall–Kier alpha value is -2.85. The molecule has 2 N–H and O–H groups in total. The summed E-state index contributed by atoms with van der Waals surface area (Å²) in [7, 11) is 0. The highest BCUT2D eigenvalue weighted by molar-refractivity contribution is 5.87. The maximum Gasteiger partial charge on any atom is 0.335 e. The Bertz CT molecular complexity index is 853. The largest absolute Gasteiger partial charge is 0.508 e. The lowest BCUT2D eigenvalue weighted by molar-refractivity contribution is 0.0697. The van der Waals surface area contributed by atoms with Gasteiger partial charge in [-0.25, -0.2) is 4.79 Å². The molecule has 0 spiro atoms. The van der Waals surface area contributed by atoms with Crippen molar-refractivity contribution in [2.45, 2.75) is 13.0 Å². The molecule has 0 atom stereocenters. The van der Waals surface area contributed by atoms with E-state index in [9.17, 15) is 9.90 Å². The number of aromatic carboxylic acids is 1. The summed E-state index contributed by atoms with van der Waals surface area (Å²) in [6.45, 7) is 1.06. The molecular weight excluding hydrogens is 304 g/mol. The molecule has 3 aromatic carbocycles. The minimum absolute atomic E-state index is 0.255. The molecule has 4 heteroatoms. The van der Waals surface area contributed by atoms with E-state index in [-0.39, 0.29) is 5.75 Å². The van der Waals surface area contributed by atoms with Gasteiger partial charge < -0.3 is 14.9 Å². The van der Waals surface area contributed by atoms with Gasteiger partial charge in [-0.2, -0.15) is 0 Å². The van der Waals surface area contributed by atoms with Crippen LogP contribution < -0.4 is 0 Å². The molecule has 0 aliphatic carbocycles. The molecule has 0 amide bonds. The van der Waals surface area contributed by atoms with Gasteiger partial charge in [-0.3, -0.25) is 0 Å². The van der Waals surface area contributed by atoms with E-state index < -0.39 is 5.97 Å². The summed E-state index contributed by atoms with van der Waals surface area (Å²) in [4.78, 5) is 10.8. The number of hydrogen-bond acceptors (Lipinski definition) is 3. The van der Waals surface area contributed by atoms with E-state index in [1.54, 1.807) is 24.3 Å². The number of fused-ring (bicyclic) bond motifs is 1. The maximum atomic E-state index is 10.8. The molecule has 3 aromatic rings. The zero-order chi connectivity index (χ0) is 16.9. The quantitative estimate of drug-likeness (QED) is 0.673. The summed E-state index contributed by atoms with van der Waals surface area (Å²) in [5.74, 6) is -0.662. The SMILES string of the molecule is O=C(O)c1ccc(CCOCc2ccc3ccc(O)cc3c2)cc1. The van der Waals surface area contributed by atoms with Gasteiger partial charge in [-0.05, 0) is 58.7 Å². The fraction of sp³-hybridized carbons (Fsp3) is 0.150. The minimum atomic E-state index is -0.917. The summed E-state index contributed by atoms with van der Waals surface area (Å²) < 4.78 is 5.70. The van der Waals surface area contributed by atoms with Gasteiger partial charge in [0.25, 0.3) is 0 Å². The standard InChI is InChI=1S/C20H18O4/c21-19-8-7-16-4-3-15(11-18(16)12-19)13-24-10-9-14-1-5-17(6-2-14)20(22)23/h1-8,11-12,21H,9-10,13H2,(H,22,23). The van der Waals surface area contributed by atoms with Gasteiger partial charge in [-0.15, -0.1) is 0 Å². The van der Waals surface area contributed by atoms with Gasteiger partial charge in [-0.1, -0.05) is 30.3 Å². The summed E-state index contributed by atoms with van der Waals surface area (Å²) in [5.41, 5.74) is 2.39. The number of carboxylic acids is 1. The molecule has 0 heterocycles. The molecule has 0 unspecified atom stereocenters. The fourth-order valence-corrected chi connectivity index (χ4v) is 2.57. The van der Waals surface area contributed by atoms with Gasteiger partial charge in [0.05, 0.1) is 18.8 Å². The summed E-state index contributed by atoms with van der Waals surface area (Å²) >= 11 is 0. The first-order valence-corrected chi connectivity index (χ1v) is 7.73. The van der Waals surface area contributed by atoms with E-state index in [4.69, 9.17) is 9.84 Å². The van der Waals surface area contributed by atoms with Crippen molar-refractivity contribution in [2.75, 3.05) is 6.61 Å². The Balaban J connectivity index is 1.53. The van der Waals surface area contributed by atoms with Gasteiger partial charge in [0.1, 0.15) is 5.75 Å². The van der Waals surface area contributed by atoms with Gasteiger partial charge >= 0.3 is 5.97 Å². The van der Waals surface area contributed by atoms with E-state index in [0.29, 0.717) is 18.8 Å². The topological polar surface area (TPSA) is 66.8 Å². The lowest BCUT2D eigenvalue weighted by Crippen LogP contribution is -2.00. The summed E-state index contributed by atoms with van der Waals surface area (Å²) in [5, 5.41) is 20.5. The van der Waals surface area contributed by atoms with Crippen molar-refractivity contribution >= 4 is 16.7 Å². The molecule has 3 rings (SSSR count). The Morgan fingerprint density at radius 3 is 2.33 bits per heavy atom. The molecule has 24 heavy (non-hydrogen) atoms. The van der Waals surface area contributed by atoms with E-state index in [1.807, 2.05) is 36.4 Å². The minimum Gasteiger partial charge on any atom is -0.508 e. The van der Waals surface area contributed by atoms with Crippen molar-refractivity contribution in [2.24, 2.45) is 0 Å². The molecule has 4 nitrogen and oxygen atoms in total. The van der Waals surface area contributed by atoms with Crippen LogP contribution in [-0.4, -0.2) is 22.8 Å². The molecule has 0 aliphatic heterocycles. The molecule has 0 fully saturated rings. The van der Waals surface area contributed by atoms with Crippen LogP contribution in [0.3, 0.4) is 0 Å². The van der Waals surface area contributed by atoms with Crippen LogP contribution in [0.25, 0.3) is 10.8 Å². The van der Waals surface area contributed by atoms with Crippen LogP contribution >= 0.6 is 0 Å². The number of carboxylic acid groups (broad SMARTS) is 1. The number of hydrogen-bond donors (Lipinski definition) is 2. The Morgan fingerprint density at radius 2 is 1.58 bits per heavy atom. The number of ether oxygens (including phenoxy) is 1. The Morgan fingerprint density at radius 1 is 0.875 bits per heavy atom. The normalized spacial score (nSPS) is 10.8. The van der Waals surface area contributed by atoms with Crippen molar-refractivity contribution in [3.05, 3.63) is 77.4 Å². The molecule has 0 aromatic heterocycles. The molecule has 0 saturated carbocycles. The fourth-order valence-electron chi connectivity index (χ4n) is 2.57. The first-order valence-electron chi connectivity index (χ1n) is 7.73. The predicted molar refractivity (Wildman–Crippen MR) is 92.4 cm³/mol. The third-order valence-electron chi connectivity index (χ3n) is 3.89. The third kappa shape index (κ3) is 3.91. The van der Waals surface area contributed by atoms with Crippen molar-refractivity contribution in [3.63, 3.8) is 0 Å². The van der Waals surface area contributed by atoms with Crippen molar-refractivity contribution in [1.82, 2.24) is 0 Å². The number of rotatable bonds is 6. The van der Waals surface area contributed by atoms with Crippen LogP contribution in [0.15, 0.2) is 60.7 Å². The zero-order valence-electron chi connectivity index (χ0n) is 13.1.